The van der Waals surface area contributed by atoms with Crippen molar-refractivity contribution in [2.45, 2.75) is 43.9 Å². The molecule has 0 aliphatic carbocycles. The fraction of sp³-hybridized carbons (Fsp3) is 0.538. The minimum absolute atomic E-state index is 0.267. The summed E-state index contributed by atoms with van der Waals surface area (Å²) in [4.78, 5) is 0. The Hall–Kier alpha value is -0.360. The summed E-state index contributed by atoms with van der Waals surface area (Å²) in [6.07, 6.45) is -3.48. The first-order valence-electron chi connectivity index (χ1n) is 5.94. The molecule has 0 saturated carbocycles. The van der Waals surface area contributed by atoms with Gasteiger partial charge in [-0.2, -0.15) is 0 Å². The number of hydrogen-bond acceptors (Lipinski definition) is 4. The number of aliphatic hydroxyl groups excluding tert-OH is 2. The van der Waals surface area contributed by atoms with Gasteiger partial charge in [0.25, 0.3) is 0 Å². The zero-order valence-corrected chi connectivity index (χ0v) is 12.1. The maximum Gasteiger partial charge on any atom is 0.184 e. The van der Waals surface area contributed by atoms with Crippen LogP contribution in [0.1, 0.15) is 25.3 Å². The van der Waals surface area contributed by atoms with E-state index in [2.05, 4.69) is 0 Å². The van der Waals surface area contributed by atoms with E-state index < -0.39 is 24.1 Å². The van der Waals surface area contributed by atoms with Crippen molar-refractivity contribution in [1.29, 1.82) is 0 Å². The summed E-state index contributed by atoms with van der Waals surface area (Å²) in [7, 11) is 0. The number of halogens is 2. The standard InChI is InChI=1S/C13H16Cl2O4/c1-6(7-3-4-8(14)9(15)5-7)11-13(2,18)10(16)12(17)19-11/h3-6,10-12,16-18H,1-2H3/t6-,10+,11-,12?,13+/m1/s1. The fourth-order valence-corrected chi connectivity index (χ4v) is 2.72. The van der Waals surface area contributed by atoms with Crippen molar-refractivity contribution in [2.24, 2.45) is 0 Å². The van der Waals surface area contributed by atoms with Crippen LogP contribution >= 0.6 is 23.2 Å². The first-order valence-corrected chi connectivity index (χ1v) is 6.69. The highest BCUT2D eigenvalue weighted by atomic mass is 35.5. The molecule has 19 heavy (non-hydrogen) atoms. The summed E-state index contributed by atoms with van der Waals surface area (Å²) in [6, 6.07) is 5.12. The largest absolute Gasteiger partial charge is 0.385 e. The van der Waals surface area contributed by atoms with Gasteiger partial charge in [-0.3, -0.25) is 0 Å². The van der Waals surface area contributed by atoms with E-state index in [1.54, 1.807) is 18.2 Å². The van der Waals surface area contributed by atoms with Crippen LogP contribution in [0.2, 0.25) is 10.0 Å². The molecule has 1 aromatic carbocycles. The van der Waals surface area contributed by atoms with Crippen molar-refractivity contribution in [3.05, 3.63) is 33.8 Å². The Morgan fingerprint density at radius 1 is 1.26 bits per heavy atom. The summed E-state index contributed by atoms with van der Waals surface area (Å²) in [5, 5.41) is 30.3. The summed E-state index contributed by atoms with van der Waals surface area (Å²) in [6.45, 7) is 3.26. The number of ether oxygens (including phenoxy) is 1. The quantitative estimate of drug-likeness (QED) is 0.781. The molecule has 1 aliphatic heterocycles. The van der Waals surface area contributed by atoms with Crippen molar-refractivity contribution in [2.75, 3.05) is 0 Å². The van der Waals surface area contributed by atoms with Gasteiger partial charge in [-0.15, -0.1) is 0 Å². The number of benzene rings is 1. The van der Waals surface area contributed by atoms with E-state index in [0.717, 1.165) is 5.56 Å². The predicted molar refractivity (Wildman–Crippen MR) is 72.4 cm³/mol. The van der Waals surface area contributed by atoms with Gasteiger partial charge in [0.05, 0.1) is 16.1 Å². The average Bonchev–Trinajstić information content (AvgIpc) is 2.55. The van der Waals surface area contributed by atoms with E-state index >= 15 is 0 Å². The summed E-state index contributed by atoms with van der Waals surface area (Å²) >= 11 is 11.8. The summed E-state index contributed by atoms with van der Waals surface area (Å²) in [5.41, 5.74) is -0.730. The maximum absolute atomic E-state index is 10.3. The lowest BCUT2D eigenvalue weighted by molar-refractivity contribution is -0.130. The molecule has 0 radical (unpaired) electrons. The van der Waals surface area contributed by atoms with E-state index in [1.807, 2.05) is 6.92 Å². The van der Waals surface area contributed by atoms with Gasteiger partial charge in [-0.25, -0.2) is 0 Å². The molecule has 0 bridgehead atoms. The van der Waals surface area contributed by atoms with Crippen molar-refractivity contribution in [1.82, 2.24) is 0 Å². The second-order valence-corrected chi connectivity index (χ2v) is 5.89. The van der Waals surface area contributed by atoms with Gasteiger partial charge in [0.1, 0.15) is 11.7 Å². The van der Waals surface area contributed by atoms with E-state index in [1.165, 1.54) is 6.92 Å². The zero-order valence-electron chi connectivity index (χ0n) is 10.5. The summed E-state index contributed by atoms with van der Waals surface area (Å²) in [5.74, 6) is -0.267. The maximum atomic E-state index is 10.3. The van der Waals surface area contributed by atoms with Gasteiger partial charge in [0, 0.05) is 5.92 Å². The van der Waals surface area contributed by atoms with Gasteiger partial charge < -0.3 is 20.1 Å². The Labute approximate surface area is 121 Å². The highest BCUT2D eigenvalue weighted by Gasteiger charge is 2.53. The van der Waals surface area contributed by atoms with Crippen molar-refractivity contribution >= 4 is 23.2 Å². The fourth-order valence-electron chi connectivity index (χ4n) is 2.41. The molecule has 0 amide bonds. The molecule has 1 unspecified atom stereocenters. The minimum Gasteiger partial charge on any atom is -0.385 e. The topological polar surface area (TPSA) is 69.9 Å². The number of hydrogen-bond donors (Lipinski definition) is 3. The van der Waals surface area contributed by atoms with E-state index in [4.69, 9.17) is 27.9 Å². The van der Waals surface area contributed by atoms with Crippen LogP contribution < -0.4 is 0 Å². The Bertz CT molecular complexity index is 478. The lowest BCUT2D eigenvalue weighted by atomic mass is 9.83. The molecule has 1 saturated heterocycles. The second-order valence-electron chi connectivity index (χ2n) is 5.08. The molecule has 3 N–H and O–H groups in total. The molecular formula is C13H16Cl2O4. The molecule has 1 heterocycles. The van der Waals surface area contributed by atoms with E-state index in [9.17, 15) is 15.3 Å². The average molecular weight is 307 g/mol. The smallest absolute Gasteiger partial charge is 0.184 e. The molecule has 4 nitrogen and oxygen atoms in total. The Morgan fingerprint density at radius 3 is 2.37 bits per heavy atom. The number of aliphatic hydroxyl groups is 3. The molecule has 0 aromatic heterocycles. The second kappa shape index (κ2) is 5.20. The molecule has 6 heteroatoms. The highest BCUT2D eigenvalue weighted by molar-refractivity contribution is 6.42. The van der Waals surface area contributed by atoms with Gasteiger partial charge in [0.2, 0.25) is 0 Å². The van der Waals surface area contributed by atoms with Gasteiger partial charge in [-0.05, 0) is 24.6 Å². The van der Waals surface area contributed by atoms with Crippen LogP contribution in [0, 0.1) is 0 Å². The lowest BCUT2D eigenvalue weighted by Gasteiger charge is -2.30. The summed E-state index contributed by atoms with van der Waals surface area (Å²) < 4.78 is 5.25. The van der Waals surface area contributed by atoms with Gasteiger partial charge in [0.15, 0.2) is 6.29 Å². The monoisotopic (exact) mass is 306 g/mol. The van der Waals surface area contributed by atoms with Crippen LogP contribution in [0.25, 0.3) is 0 Å². The Balaban J connectivity index is 2.29. The molecular weight excluding hydrogens is 291 g/mol. The Kier molecular flexibility index (Phi) is 4.12. The van der Waals surface area contributed by atoms with Crippen molar-refractivity contribution < 1.29 is 20.1 Å². The molecule has 1 aliphatic rings. The first-order chi connectivity index (χ1) is 8.75. The Morgan fingerprint density at radius 2 is 1.89 bits per heavy atom. The zero-order chi connectivity index (χ0) is 14.4. The van der Waals surface area contributed by atoms with E-state index in [-0.39, 0.29) is 5.92 Å². The van der Waals surface area contributed by atoms with Crippen LogP contribution in [0.5, 0.6) is 0 Å². The van der Waals surface area contributed by atoms with Crippen LogP contribution in [-0.4, -0.2) is 39.4 Å². The molecule has 2 rings (SSSR count). The third-order valence-corrected chi connectivity index (χ3v) is 4.39. The van der Waals surface area contributed by atoms with Gasteiger partial charge >= 0.3 is 0 Å². The van der Waals surface area contributed by atoms with Crippen LogP contribution in [-0.2, 0) is 4.74 Å². The van der Waals surface area contributed by atoms with Crippen LogP contribution in [0.15, 0.2) is 18.2 Å². The molecule has 0 spiro atoms. The van der Waals surface area contributed by atoms with E-state index in [0.29, 0.717) is 10.0 Å². The lowest BCUT2D eigenvalue weighted by Crippen LogP contribution is -2.47. The molecule has 106 valence electrons. The number of rotatable bonds is 2. The third kappa shape index (κ3) is 2.61. The van der Waals surface area contributed by atoms with Crippen molar-refractivity contribution in [3.8, 4) is 0 Å². The molecule has 5 atom stereocenters. The molecule has 1 fully saturated rings. The van der Waals surface area contributed by atoms with Crippen LogP contribution in [0.4, 0.5) is 0 Å². The van der Waals surface area contributed by atoms with Crippen LogP contribution in [0.3, 0.4) is 0 Å². The predicted octanol–water partition coefficient (Wildman–Crippen LogP) is 1.93. The SMILES string of the molecule is C[C@H](c1ccc(Cl)c(Cl)c1)[C@H]1OC(O)[C@H](O)[C@]1(C)O. The molecule has 1 aromatic rings. The third-order valence-electron chi connectivity index (χ3n) is 3.65. The van der Waals surface area contributed by atoms with Crippen molar-refractivity contribution in [3.63, 3.8) is 0 Å². The highest BCUT2D eigenvalue weighted by Crippen LogP contribution is 2.39. The minimum atomic E-state index is -1.54. The van der Waals surface area contributed by atoms with Gasteiger partial charge in [-0.1, -0.05) is 36.2 Å². The normalized spacial score (nSPS) is 36.5. The first kappa shape index (κ1) is 15.0.